The van der Waals surface area contributed by atoms with E-state index < -0.39 is 5.97 Å². The minimum absolute atomic E-state index is 0.316. The first kappa shape index (κ1) is 20.9. The van der Waals surface area contributed by atoms with Crippen molar-refractivity contribution < 1.29 is 9.90 Å². The van der Waals surface area contributed by atoms with Gasteiger partial charge in [0.1, 0.15) is 0 Å². The van der Waals surface area contributed by atoms with Gasteiger partial charge in [0.25, 0.3) is 0 Å². The molecule has 0 spiro atoms. The largest absolute Gasteiger partial charge is 0.481 e. The summed E-state index contributed by atoms with van der Waals surface area (Å²) in [5.74, 6) is -0.676. The van der Waals surface area contributed by atoms with E-state index in [1.165, 1.54) is 32.1 Å². The molecule has 0 aromatic rings. The van der Waals surface area contributed by atoms with Gasteiger partial charge >= 0.3 is 5.97 Å². The average Bonchev–Trinajstić information content (AvgIpc) is 2.41. The van der Waals surface area contributed by atoms with E-state index in [1.807, 2.05) is 0 Å². The maximum atomic E-state index is 10.3. The molecule has 0 bridgehead atoms. The van der Waals surface area contributed by atoms with Gasteiger partial charge in [0.05, 0.1) is 0 Å². The fourth-order valence-electron chi connectivity index (χ4n) is 2.32. The van der Waals surface area contributed by atoms with Gasteiger partial charge in [0.15, 0.2) is 0 Å². The molecule has 0 aliphatic carbocycles. The van der Waals surface area contributed by atoms with Gasteiger partial charge in [0.2, 0.25) is 0 Å². The van der Waals surface area contributed by atoms with Crippen LogP contribution in [0.25, 0.3) is 0 Å². The summed E-state index contributed by atoms with van der Waals surface area (Å²) in [5.41, 5.74) is 0.472. The summed E-state index contributed by atoms with van der Waals surface area (Å²) < 4.78 is 0. The highest BCUT2D eigenvalue weighted by atomic mass is 16.4. The zero-order valence-electron chi connectivity index (χ0n) is 14.9. The van der Waals surface area contributed by atoms with E-state index in [-0.39, 0.29) is 0 Å². The van der Waals surface area contributed by atoms with Crippen molar-refractivity contribution in [1.82, 2.24) is 0 Å². The summed E-state index contributed by atoms with van der Waals surface area (Å²) >= 11 is 0. The number of unbranched alkanes of at least 4 members (excludes halogenated alkanes) is 6. The van der Waals surface area contributed by atoms with Gasteiger partial charge in [-0.15, -0.1) is 0 Å². The van der Waals surface area contributed by atoms with Crippen LogP contribution in [-0.2, 0) is 4.79 Å². The summed E-state index contributed by atoms with van der Waals surface area (Å²) in [6, 6.07) is 0. The molecule has 0 rings (SSSR count). The first-order valence-corrected chi connectivity index (χ1v) is 8.93. The molecule has 0 aliphatic rings. The van der Waals surface area contributed by atoms with Gasteiger partial charge in [0, 0.05) is 6.42 Å². The Balaban J connectivity index is 3.29. The van der Waals surface area contributed by atoms with Gasteiger partial charge in [-0.25, -0.2) is 0 Å². The summed E-state index contributed by atoms with van der Waals surface area (Å²) in [6.45, 7) is 6.92. The Kier molecular flexibility index (Phi) is 13.0. The van der Waals surface area contributed by atoms with Crippen LogP contribution in [0, 0.1) is 5.41 Å². The maximum absolute atomic E-state index is 10.3. The van der Waals surface area contributed by atoms with Crippen LogP contribution in [0.4, 0.5) is 0 Å². The molecule has 22 heavy (non-hydrogen) atoms. The maximum Gasteiger partial charge on any atom is 0.303 e. The van der Waals surface area contributed by atoms with Gasteiger partial charge < -0.3 is 5.11 Å². The molecule has 2 nitrogen and oxygen atoms in total. The Morgan fingerprint density at radius 2 is 1.36 bits per heavy atom. The van der Waals surface area contributed by atoms with Gasteiger partial charge in [-0.1, -0.05) is 64.3 Å². The fraction of sp³-hybridized carbons (Fsp3) is 0.750. The Labute approximate surface area is 137 Å². The van der Waals surface area contributed by atoms with Crippen LogP contribution in [0.5, 0.6) is 0 Å². The van der Waals surface area contributed by atoms with Crippen LogP contribution in [0.3, 0.4) is 0 Å². The average molecular weight is 309 g/mol. The van der Waals surface area contributed by atoms with E-state index in [4.69, 9.17) is 5.11 Å². The molecule has 2 heteroatoms. The van der Waals surface area contributed by atoms with E-state index >= 15 is 0 Å². The summed E-state index contributed by atoms with van der Waals surface area (Å²) in [7, 11) is 0. The lowest BCUT2D eigenvalue weighted by Gasteiger charge is -2.16. The number of carboxylic acids is 1. The van der Waals surface area contributed by atoms with E-state index in [1.54, 1.807) is 0 Å². The lowest BCUT2D eigenvalue weighted by molar-refractivity contribution is -0.137. The second-order valence-electron chi connectivity index (χ2n) is 7.33. The predicted octanol–water partition coefficient (Wildman–Crippen LogP) is 6.52. The summed E-state index contributed by atoms with van der Waals surface area (Å²) in [5, 5.41) is 8.52. The molecular formula is C20H36O2. The van der Waals surface area contributed by atoms with E-state index in [9.17, 15) is 4.79 Å². The van der Waals surface area contributed by atoms with Crippen molar-refractivity contribution in [3.05, 3.63) is 24.3 Å². The van der Waals surface area contributed by atoms with E-state index in [2.05, 4.69) is 45.1 Å². The highest BCUT2D eigenvalue weighted by Gasteiger charge is 2.08. The third-order valence-corrected chi connectivity index (χ3v) is 3.66. The number of allylic oxidation sites excluding steroid dienone is 4. The monoisotopic (exact) mass is 308 g/mol. The van der Waals surface area contributed by atoms with Crippen LogP contribution >= 0.6 is 0 Å². The number of carboxylic acid groups (broad SMARTS) is 1. The second kappa shape index (κ2) is 13.6. The minimum Gasteiger partial charge on any atom is -0.481 e. The third kappa shape index (κ3) is 18.9. The Morgan fingerprint density at radius 3 is 1.91 bits per heavy atom. The lowest BCUT2D eigenvalue weighted by Crippen LogP contribution is -2.03. The smallest absolute Gasteiger partial charge is 0.303 e. The Bertz CT molecular complexity index is 321. The molecule has 0 amide bonds. The van der Waals surface area contributed by atoms with Crippen molar-refractivity contribution in [1.29, 1.82) is 0 Å². The topological polar surface area (TPSA) is 37.3 Å². The summed E-state index contributed by atoms with van der Waals surface area (Å²) in [6.07, 6.45) is 20.8. The van der Waals surface area contributed by atoms with E-state index in [0.29, 0.717) is 11.8 Å². The molecule has 0 aromatic carbocycles. The highest BCUT2D eigenvalue weighted by molar-refractivity contribution is 5.66. The van der Waals surface area contributed by atoms with Crippen LogP contribution < -0.4 is 0 Å². The molecule has 128 valence electrons. The molecule has 1 N–H and O–H groups in total. The number of aliphatic carboxylic acids is 1. The molecule has 0 saturated carbocycles. The highest BCUT2D eigenvalue weighted by Crippen LogP contribution is 2.22. The second-order valence-corrected chi connectivity index (χ2v) is 7.33. The van der Waals surface area contributed by atoms with Crippen molar-refractivity contribution in [3.63, 3.8) is 0 Å². The Hall–Kier alpha value is -1.05. The van der Waals surface area contributed by atoms with Gasteiger partial charge in [-0.05, 0) is 50.4 Å². The van der Waals surface area contributed by atoms with Crippen LogP contribution in [0.2, 0.25) is 0 Å². The normalized spacial score (nSPS) is 12.5. The molecule has 0 saturated heterocycles. The quantitative estimate of drug-likeness (QED) is 0.310. The van der Waals surface area contributed by atoms with Crippen molar-refractivity contribution >= 4 is 5.97 Å². The minimum atomic E-state index is -0.676. The number of hydrogen-bond donors (Lipinski definition) is 1. The number of hydrogen-bond acceptors (Lipinski definition) is 1. The molecule has 0 unspecified atom stereocenters. The van der Waals surface area contributed by atoms with Gasteiger partial charge in [-0.3, -0.25) is 4.79 Å². The molecule has 0 radical (unpaired) electrons. The molecular weight excluding hydrogens is 272 g/mol. The molecule has 0 aliphatic heterocycles. The molecule has 0 aromatic heterocycles. The van der Waals surface area contributed by atoms with Crippen molar-refractivity contribution in [2.24, 2.45) is 5.41 Å². The van der Waals surface area contributed by atoms with Gasteiger partial charge in [-0.2, -0.15) is 0 Å². The number of carbonyl (C=O) groups is 1. The first-order valence-electron chi connectivity index (χ1n) is 8.93. The SMILES string of the molecule is CC(C)(C)CCCCC=CCC=CCCCCCCC(=O)O. The fourth-order valence-corrected chi connectivity index (χ4v) is 2.32. The van der Waals surface area contributed by atoms with Crippen molar-refractivity contribution in [2.75, 3.05) is 0 Å². The molecule has 0 heterocycles. The number of rotatable bonds is 13. The van der Waals surface area contributed by atoms with E-state index in [0.717, 1.165) is 32.1 Å². The third-order valence-electron chi connectivity index (χ3n) is 3.66. The van der Waals surface area contributed by atoms with Crippen LogP contribution in [0.15, 0.2) is 24.3 Å². The molecule has 0 fully saturated rings. The zero-order valence-corrected chi connectivity index (χ0v) is 14.9. The standard InChI is InChI=1S/C20H36O2/c1-20(2,3)18-16-14-12-10-8-6-4-5-7-9-11-13-15-17-19(21)22/h4-5,8,10H,6-7,9,11-18H2,1-3H3,(H,21,22). The van der Waals surface area contributed by atoms with Crippen molar-refractivity contribution in [3.8, 4) is 0 Å². The first-order chi connectivity index (χ1) is 10.4. The van der Waals surface area contributed by atoms with Crippen molar-refractivity contribution in [2.45, 2.75) is 91.4 Å². The lowest BCUT2D eigenvalue weighted by atomic mass is 9.89. The molecule has 0 atom stereocenters. The zero-order chi connectivity index (χ0) is 16.7. The van der Waals surface area contributed by atoms with Crippen LogP contribution in [0.1, 0.15) is 91.4 Å². The predicted molar refractivity (Wildman–Crippen MR) is 96.2 cm³/mol. The Morgan fingerprint density at radius 1 is 0.818 bits per heavy atom. The van der Waals surface area contributed by atoms with Crippen LogP contribution in [-0.4, -0.2) is 11.1 Å². The summed E-state index contributed by atoms with van der Waals surface area (Å²) in [4.78, 5) is 10.3.